The van der Waals surface area contributed by atoms with Gasteiger partial charge >= 0.3 is 0 Å². The smallest absolute Gasteiger partial charge is 0.289 e. The lowest BCUT2D eigenvalue weighted by Crippen LogP contribution is -2.12. The first-order valence-corrected chi connectivity index (χ1v) is 6.98. The Bertz CT molecular complexity index is 744. The topological polar surface area (TPSA) is 81.5 Å². The summed E-state index contributed by atoms with van der Waals surface area (Å²) in [6.45, 7) is 3.92. The predicted octanol–water partition coefficient (Wildman–Crippen LogP) is 4.07. The van der Waals surface area contributed by atoms with Crippen molar-refractivity contribution < 1.29 is 14.5 Å². The third-order valence-corrected chi connectivity index (χ3v) is 3.20. The van der Waals surface area contributed by atoms with Gasteiger partial charge in [0.05, 0.1) is 4.92 Å². The van der Waals surface area contributed by atoms with Crippen molar-refractivity contribution in [2.45, 2.75) is 0 Å². The van der Waals surface area contributed by atoms with Gasteiger partial charge in [0.25, 0.3) is 11.6 Å². The predicted molar refractivity (Wildman–Crippen MR) is 88.2 cm³/mol. The lowest BCUT2D eigenvalue weighted by molar-refractivity contribution is -0.384. The van der Waals surface area contributed by atoms with Gasteiger partial charge < -0.3 is 10.1 Å². The van der Waals surface area contributed by atoms with E-state index in [1.54, 1.807) is 30.3 Å². The van der Waals surface area contributed by atoms with Gasteiger partial charge in [0.1, 0.15) is 17.4 Å². The SMILES string of the molecule is C=CCOc1ccc(C(=O)Nc2ccc(Cl)c([N+](=O)[O-])c2)cc1. The van der Waals surface area contributed by atoms with Gasteiger partial charge in [-0.2, -0.15) is 0 Å². The minimum Gasteiger partial charge on any atom is -0.490 e. The molecule has 6 nitrogen and oxygen atoms in total. The molecule has 2 rings (SSSR count). The second-order valence-electron chi connectivity index (χ2n) is 4.50. The summed E-state index contributed by atoms with van der Waals surface area (Å²) in [5.41, 5.74) is 0.421. The van der Waals surface area contributed by atoms with E-state index in [-0.39, 0.29) is 16.4 Å². The first-order chi connectivity index (χ1) is 11.0. The van der Waals surface area contributed by atoms with Crippen molar-refractivity contribution in [3.8, 4) is 5.75 Å². The Balaban J connectivity index is 2.11. The Morgan fingerprint density at radius 1 is 1.30 bits per heavy atom. The van der Waals surface area contributed by atoms with E-state index in [0.717, 1.165) is 0 Å². The van der Waals surface area contributed by atoms with Crippen LogP contribution in [0.5, 0.6) is 5.75 Å². The van der Waals surface area contributed by atoms with Gasteiger partial charge in [0.15, 0.2) is 0 Å². The summed E-state index contributed by atoms with van der Waals surface area (Å²) in [5, 5.41) is 13.4. The van der Waals surface area contributed by atoms with Gasteiger partial charge in [-0.3, -0.25) is 14.9 Å². The Hall–Kier alpha value is -2.86. The van der Waals surface area contributed by atoms with E-state index in [9.17, 15) is 14.9 Å². The van der Waals surface area contributed by atoms with Crippen LogP contribution in [0.4, 0.5) is 11.4 Å². The molecule has 0 fully saturated rings. The number of ether oxygens (including phenoxy) is 1. The minimum atomic E-state index is -0.607. The molecule has 0 spiro atoms. The first kappa shape index (κ1) is 16.5. The lowest BCUT2D eigenvalue weighted by atomic mass is 10.2. The number of nitro benzene ring substituents is 1. The monoisotopic (exact) mass is 332 g/mol. The number of nitrogens with zero attached hydrogens (tertiary/aromatic N) is 1. The van der Waals surface area contributed by atoms with E-state index in [1.165, 1.54) is 18.2 Å². The molecule has 23 heavy (non-hydrogen) atoms. The van der Waals surface area contributed by atoms with E-state index in [1.807, 2.05) is 0 Å². The highest BCUT2D eigenvalue weighted by atomic mass is 35.5. The van der Waals surface area contributed by atoms with Crippen LogP contribution in [0.25, 0.3) is 0 Å². The summed E-state index contributed by atoms with van der Waals surface area (Å²) >= 11 is 5.73. The molecule has 0 unspecified atom stereocenters. The van der Waals surface area contributed by atoms with E-state index in [2.05, 4.69) is 11.9 Å². The second kappa shape index (κ2) is 7.42. The van der Waals surface area contributed by atoms with Crippen molar-refractivity contribution >= 4 is 28.9 Å². The number of nitro groups is 1. The maximum atomic E-state index is 12.1. The first-order valence-electron chi connectivity index (χ1n) is 6.60. The zero-order valence-electron chi connectivity index (χ0n) is 12.0. The number of rotatable bonds is 6. The Morgan fingerprint density at radius 2 is 2.00 bits per heavy atom. The summed E-state index contributed by atoms with van der Waals surface area (Å²) in [6, 6.07) is 10.6. The molecule has 0 atom stereocenters. The number of carbonyl (C=O) groups is 1. The average molecular weight is 333 g/mol. The highest BCUT2D eigenvalue weighted by Crippen LogP contribution is 2.27. The molecular weight excluding hydrogens is 320 g/mol. The maximum absolute atomic E-state index is 12.1. The van der Waals surface area contributed by atoms with Crippen LogP contribution < -0.4 is 10.1 Å². The van der Waals surface area contributed by atoms with Crippen LogP contribution in [0.2, 0.25) is 5.02 Å². The number of benzene rings is 2. The molecule has 0 radical (unpaired) electrons. The van der Waals surface area contributed by atoms with Gasteiger partial charge in [-0.15, -0.1) is 0 Å². The van der Waals surface area contributed by atoms with Gasteiger partial charge in [0, 0.05) is 17.3 Å². The maximum Gasteiger partial charge on any atom is 0.289 e. The standard InChI is InChI=1S/C16H13ClN2O4/c1-2-9-23-13-6-3-11(4-7-13)16(20)18-12-5-8-14(17)15(10-12)19(21)22/h2-8,10H,1,9H2,(H,18,20). The summed E-state index contributed by atoms with van der Waals surface area (Å²) in [4.78, 5) is 22.4. The molecule has 7 heteroatoms. The van der Waals surface area contributed by atoms with Crippen molar-refractivity contribution in [3.63, 3.8) is 0 Å². The van der Waals surface area contributed by atoms with Crippen molar-refractivity contribution in [1.29, 1.82) is 0 Å². The summed E-state index contributed by atoms with van der Waals surface area (Å²) in [7, 11) is 0. The molecular formula is C16H13ClN2O4. The van der Waals surface area contributed by atoms with Crippen LogP contribution in [-0.2, 0) is 0 Å². The number of halogens is 1. The van der Waals surface area contributed by atoms with Crippen molar-refractivity contribution in [2.75, 3.05) is 11.9 Å². The van der Waals surface area contributed by atoms with Crippen LogP contribution in [0.1, 0.15) is 10.4 Å². The van der Waals surface area contributed by atoms with Gasteiger partial charge in [-0.25, -0.2) is 0 Å². The van der Waals surface area contributed by atoms with E-state index in [4.69, 9.17) is 16.3 Å². The molecule has 0 aliphatic heterocycles. The van der Waals surface area contributed by atoms with Crippen LogP contribution >= 0.6 is 11.6 Å². The number of hydrogen-bond acceptors (Lipinski definition) is 4. The molecule has 0 bridgehead atoms. The summed E-state index contributed by atoms with van der Waals surface area (Å²) in [6.07, 6.45) is 1.62. The van der Waals surface area contributed by atoms with Crippen LogP contribution in [-0.4, -0.2) is 17.4 Å². The van der Waals surface area contributed by atoms with Gasteiger partial charge in [-0.1, -0.05) is 24.3 Å². The fourth-order valence-corrected chi connectivity index (χ4v) is 1.98. The number of amides is 1. The minimum absolute atomic E-state index is 0.0109. The number of hydrogen-bond donors (Lipinski definition) is 1. The zero-order chi connectivity index (χ0) is 16.8. The molecule has 0 heterocycles. The normalized spacial score (nSPS) is 9.96. The number of nitrogens with one attached hydrogen (secondary N) is 1. The second-order valence-corrected chi connectivity index (χ2v) is 4.91. The molecule has 118 valence electrons. The van der Waals surface area contributed by atoms with Gasteiger partial charge in [-0.05, 0) is 36.4 Å². The van der Waals surface area contributed by atoms with Crippen LogP contribution in [0.3, 0.4) is 0 Å². The molecule has 0 saturated heterocycles. The largest absolute Gasteiger partial charge is 0.490 e. The van der Waals surface area contributed by atoms with E-state index >= 15 is 0 Å². The molecule has 0 aromatic heterocycles. The quantitative estimate of drug-likeness (QED) is 0.491. The fraction of sp³-hybridized carbons (Fsp3) is 0.0625. The number of anilines is 1. The zero-order valence-corrected chi connectivity index (χ0v) is 12.7. The van der Waals surface area contributed by atoms with Gasteiger partial charge in [0.2, 0.25) is 0 Å². The molecule has 0 saturated carbocycles. The summed E-state index contributed by atoms with van der Waals surface area (Å²) < 4.78 is 5.32. The van der Waals surface area contributed by atoms with E-state index in [0.29, 0.717) is 17.9 Å². The molecule has 0 aliphatic carbocycles. The molecule has 1 amide bonds. The Kier molecular flexibility index (Phi) is 5.32. The summed E-state index contributed by atoms with van der Waals surface area (Å²) in [5.74, 6) is 0.223. The molecule has 2 aromatic rings. The van der Waals surface area contributed by atoms with Crippen LogP contribution in [0, 0.1) is 10.1 Å². The average Bonchev–Trinajstić information content (AvgIpc) is 2.54. The van der Waals surface area contributed by atoms with Crippen molar-refractivity contribution in [1.82, 2.24) is 0 Å². The Morgan fingerprint density at radius 3 is 2.61 bits per heavy atom. The molecule has 2 aromatic carbocycles. The van der Waals surface area contributed by atoms with E-state index < -0.39 is 10.8 Å². The van der Waals surface area contributed by atoms with Crippen molar-refractivity contribution in [2.24, 2.45) is 0 Å². The lowest BCUT2D eigenvalue weighted by Gasteiger charge is -2.07. The highest BCUT2D eigenvalue weighted by Gasteiger charge is 2.14. The van der Waals surface area contributed by atoms with Crippen LogP contribution in [0.15, 0.2) is 55.1 Å². The Labute approximate surface area is 137 Å². The third kappa shape index (κ3) is 4.31. The third-order valence-electron chi connectivity index (χ3n) is 2.89. The van der Waals surface area contributed by atoms with Crippen molar-refractivity contribution in [3.05, 3.63) is 75.8 Å². The highest BCUT2D eigenvalue weighted by molar-refractivity contribution is 6.32. The molecule has 0 aliphatic rings. The number of carbonyl (C=O) groups excluding carboxylic acids is 1. The molecule has 1 N–H and O–H groups in total. The fourth-order valence-electron chi connectivity index (χ4n) is 1.79.